The van der Waals surface area contributed by atoms with Gasteiger partial charge in [0.15, 0.2) is 0 Å². The summed E-state index contributed by atoms with van der Waals surface area (Å²) in [6, 6.07) is 5.93. The normalized spacial score (nSPS) is 13.4. The first-order valence-corrected chi connectivity index (χ1v) is 5.09. The zero-order chi connectivity index (χ0) is 12.3. The van der Waals surface area contributed by atoms with E-state index in [0.717, 1.165) is 5.56 Å². The van der Waals surface area contributed by atoms with Crippen molar-refractivity contribution in [3.63, 3.8) is 0 Å². The highest BCUT2D eigenvalue weighted by molar-refractivity contribution is 5.76. The Hall–Kier alpha value is -1.55. The van der Waals surface area contributed by atoms with Crippen molar-refractivity contribution >= 4 is 5.97 Å². The maximum atomic E-state index is 11.1. The molecule has 4 heteroatoms. The number of hydrogen-bond donors (Lipinski definition) is 3. The SMILES string of the molecule is CNC(C(=O)O)C(C)(C)c1ccc(O)cc1. The van der Waals surface area contributed by atoms with Gasteiger partial charge in [-0.3, -0.25) is 4.79 Å². The van der Waals surface area contributed by atoms with Crippen molar-refractivity contribution in [1.29, 1.82) is 0 Å². The number of nitrogens with one attached hydrogen (secondary N) is 1. The van der Waals surface area contributed by atoms with Gasteiger partial charge in [0.05, 0.1) is 0 Å². The monoisotopic (exact) mass is 223 g/mol. The standard InChI is InChI=1S/C12H17NO3/c1-12(2,10(13-3)11(15)16)8-4-6-9(14)7-5-8/h4-7,10,13-14H,1-3H3,(H,15,16). The molecule has 0 radical (unpaired) electrons. The van der Waals surface area contributed by atoms with Crippen molar-refractivity contribution in [3.05, 3.63) is 29.8 Å². The summed E-state index contributed by atoms with van der Waals surface area (Å²) in [5.41, 5.74) is 0.320. The Morgan fingerprint density at radius 3 is 2.19 bits per heavy atom. The smallest absolute Gasteiger partial charge is 0.321 e. The van der Waals surface area contributed by atoms with Crippen LogP contribution in [0.25, 0.3) is 0 Å². The Morgan fingerprint density at radius 1 is 1.31 bits per heavy atom. The molecule has 88 valence electrons. The average molecular weight is 223 g/mol. The van der Waals surface area contributed by atoms with Gasteiger partial charge in [0, 0.05) is 5.41 Å². The summed E-state index contributed by atoms with van der Waals surface area (Å²) in [5, 5.41) is 21.1. The second-order valence-electron chi connectivity index (χ2n) is 4.33. The van der Waals surface area contributed by atoms with Gasteiger partial charge in [0.2, 0.25) is 0 Å². The molecule has 0 fully saturated rings. The van der Waals surface area contributed by atoms with Crippen LogP contribution in [-0.4, -0.2) is 29.3 Å². The molecule has 0 amide bonds. The summed E-state index contributed by atoms with van der Waals surface area (Å²) in [6.45, 7) is 3.71. The van der Waals surface area contributed by atoms with E-state index in [9.17, 15) is 9.90 Å². The predicted octanol–water partition coefficient (Wildman–Crippen LogP) is 1.34. The summed E-state index contributed by atoms with van der Waals surface area (Å²) in [6.07, 6.45) is 0. The van der Waals surface area contributed by atoms with E-state index < -0.39 is 17.4 Å². The summed E-state index contributed by atoms with van der Waals surface area (Å²) < 4.78 is 0. The molecule has 4 nitrogen and oxygen atoms in total. The van der Waals surface area contributed by atoms with Gasteiger partial charge >= 0.3 is 5.97 Å². The molecule has 1 aromatic rings. The number of carbonyl (C=O) groups is 1. The molecule has 0 saturated heterocycles. The van der Waals surface area contributed by atoms with E-state index in [1.807, 2.05) is 13.8 Å². The van der Waals surface area contributed by atoms with Crippen molar-refractivity contribution in [1.82, 2.24) is 5.32 Å². The van der Waals surface area contributed by atoms with Crippen molar-refractivity contribution < 1.29 is 15.0 Å². The minimum atomic E-state index is -0.888. The molecule has 0 bridgehead atoms. The minimum absolute atomic E-state index is 0.177. The fourth-order valence-electron chi connectivity index (χ4n) is 1.85. The second kappa shape index (κ2) is 4.53. The summed E-state index contributed by atoms with van der Waals surface area (Å²) in [4.78, 5) is 11.1. The second-order valence-corrected chi connectivity index (χ2v) is 4.33. The van der Waals surface area contributed by atoms with Crippen LogP contribution in [0.3, 0.4) is 0 Å². The van der Waals surface area contributed by atoms with E-state index in [2.05, 4.69) is 5.32 Å². The van der Waals surface area contributed by atoms with Crippen LogP contribution in [0.15, 0.2) is 24.3 Å². The predicted molar refractivity (Wildman–Crippen MR) is 61.6 cm³/mol. The third-order valence-corrected chi connectivity index (χ3v) is 2.87. The number of carboxylic acids is 1. The van der Waals surface area contributed by atoms with Gasteiger partial charge in [-0.1, -0.05) is 26.0 Å². The van der Waals surface area contributed by atoms with Crippen LogP contribution < -0.4 is 5.32 Å². The van der Waals surface area contributed by atoms with Gasteiger partial charge in [0.1, 0.15) is 11.8 Å². The summed E-state index contributed by atoms with van der Waals surface area (Å²) in [5.74, 6) is -0.712. The number of likely N-dealkylation sites (N-methyl/N-ethyl adjacent to an activating group) is 1. The number of rotatable bonds is 4. The van der Waals surface area contributed by atoms with Crippen LogP contribution in [-0.2, 0) is 10.2 Å². The topological polar surface area (TPSA) is 69.6 Å². The number of benzene rings is 1. The lowest BCUT2D eigenvalue weighted by atomic mass is 9.77. The molecule has 0 saturated carbocycles. The summed E-state index contributed by atoms with van der Waals surface area (Å²) in [7, 11) is 1.63. The Kier molecular flexibility index (Phi) is 3.55. The van der Waals surface area contributed by atoms with E-state index in [0.29, 0.717) is 0 Å². The molecule has 16 heavy (non-hydrogen) atoms. The van der Waals surface area contributed by atoms with E-state index >= 15 is 0 Å². The minimum Gasteiger partial charge on any atom is -0.508 e. The Labute approximate surface area is 94.9 Å². The van der Waals surface area contributed by atoms with Gasteiger partial charge in [-0.25, -0.2) is 0 Å². The molecule has 0 heterocycles. The van der Waals surface area contributed by atoms with Crippen molar-refractivity contribution in [2.45, 2.75) is 25.3 Å². The molecule has 1 rings (SSSR count). The first-order valence-electron chi connectivity index (χ1n) is 5.09. The maximum absolute atomic E-state index is 11.1. The Morgan fingerprint density at radius 2 is 1.81 bits per heavy atom. The molecule has 0 aliphatic rings. The number of aliphatic carboxylic acids is 1. The van der Waals surface area contributed by atoms with E-state index in [-0.39, 0.29) is 5.75 Å². The molecular weight excluding hydrogens is 206 g/mol. The first-order chi connectivity index (χ1) is 7.39. The van der Waals surface area contributed by atoms with Crippen molar-refractivity contribution in [2.75, 3.05) is 7.05 Å². The molecule has 0 aliphatic carbocycles. The molecular formula is C12H17NO3. The Balaban J connectivity index is 3.08. The first kappa shape index (κ1) is 12.5. The van der Waals surface area contributed by atoms with Crippen molar-refractivity contribution in [3.8, 4) is 5.75 Å². The number of phenols is 1. The van der Waals surface area contributed by atoms with E-state index in [4.69, 9.17) is 5.11 Å². The number of carboxylic acid groups (broad SMARTS) is 1. The quantitative estimate of drug-likeness (QED) is 0.720. The lowest BCUT2D eigenvalue weighted by molar-refractivity contribution is -0.141. The van der Waals surface area contributed by atoms with Gasteiger partial charge in [0.25, 0.3) is 0 Å². The van der Waals surface area contributed by atoms with Crippen LogP contribution in [0.5, 0.6) is 5.75 Å². The zero-order valence-electron chi connectivity index (χ0n) is 9.69. The largest absolute Gasteiger partial charge is 0.508 e. The van der Waals surface area contributed by atoms with Crippen molar-refractivity contribution in [2.24, 2.45) is 0 Å². The van der Waals surface area contributed by atoms with Gasteiger partial charge in [-0.05, 0) is 24.7 Å². The molecule has 1 aromatic carbocycles. The molecule has 0 aromatic heterocycles. The average Bonchev–Trinajstić information content (AvgIpc) is 2.18. The summed E-state index contributed by atoms with van der Waals surface area (Å²) >= 11 is 0. The van der Waals surface area contributed by atoms with Gasteiger partial charge in [-0.2, -0.15) is 0 Å². The fraction of sp³-hybridized carbons (Fsp3) is 0.417. The van der Waals surface area contributed by atoms with E-state index in [1.54, 1.807) is 31.3 Å². The van der Waals surface area contributed by atoms with Gasteiger partial charge < -0.3 is 15.5 Å². The third-order valence-electron chi connectivity index (χ3n) is 2.87. The van der Waals surface area contributed by atoms with Crippen LogP contribution in [0.2, 0.25) is 0 Å². The highest BCUT2D eigenvalue weighted by Crippen LogP contribution is 2.28. The molecule has 0 aliphatic heterocycles. The highest BCUT2D eigenvalue weighted by Gasteiger charge is 2.35. The maximum Gasteiger partial charge on any atom is 0.321 e. The third kappa shape index (κ3) is 2.33. The molecule has 3 N–H and O–H groups in total. The Bertz CT molecular complexity index is 370. The highest BCUT2D eigenvalue weighted by atomic mass is 16.4. The lowest BCUT2D eigenvalue weighted by Crippen LogP contribution is -2.48. The molecule has 1 unspecified atom stereocenters. The molecule has 0 spiro atoms. The van der Waals surface area contributed by atoms with E-state index in [1.165, 1.54) is 0 Å². The number of phenolic OH excluding ortho intramolecular Hbond substituents is 1. The van der Waals surface area contributed by atoms with Crippen LogP contribution in [0.4, 0.5) is 0 Å². The van der Waals surface area contributed by atoms with Gasteiger partial charge in [-0.15, -0.1) is 0 Å². The van der Waals surface area contributed by atoms with Crippen LogP contribution in [0.1, 0.15) is 19.4 Å². The zero-order valence-corrected chi connectivity index (χ0v) is 9.69. The van der Waals surface area contributed by atoms with Crippen LogP contribution >= 0.6 is 0 Å². The lowest BCUT2D eigenvalue weighted by Gasteiger charge is -2.31. The van der Waals surface area contributed by atoms with Crippen LogP contribution in [0, 0.1) is 0 Å². The molecule has 1 atom stereocenters. The number of hydrogen-bond acceptors (Lipinski definition) is 3. The number of aromatic hydroxyl groups is 1. The fourth-order valence-corrected chi connectivity index (χ4v) is 1.85.